The van der Waals surface area contributed by atoms with Crippen LogP contribution in [0.4, 0.5) is 5.69 Å². The molecule has 19 heavy (non-hydrogen) atoms. The van der Waals surface area contributed by atoms with Gasteiger partial charge in [-0.25, -0.2) is 0 Å². The minimum Gasteiger partial charge on any atom is -0.487 e. The number of rotatable bonds is 7. The number of nitro groups is 1. The van der Waals surface area contributed by atoms with E-state index in [1.165, 1.54) is 6.07 Å². The zero-order valence-electron chi connectivity index (χ0n) is 11.5. The van der Waals surface area contributed by atoms with Crippen molar-refractivity contribution in [2.75, 3.05) is 13.7 Å². The summed E-state index contributed by atoms with van der Waals surface area (Å²) in [5.74, 6) is 0.231. The summed E-state index contributed by atoms with van der Waals surface area (Å²) < 4.78 is 5.39. The van der Waals surface area contributed by atoms with Crippen LogP contribution in [0, 0.1) is 10.1 Å². The molecular formula is C13H20N2O4. The van der Waals surface area contributed by atoms with Crippen LogP contribution in [0.1, 0.15) is 25.8 Å². The SMILES string of the molecule is CNCc1ccc(OCCC(C)(C)O)c([N+](=O)[O-])c1. The first-order chi connectivity index (χ1) is 8.83. The predicted octanol–water partition coefficient (Wildman–Crippen LogP) is 1.85. The second-order valence-electron chi connectivity index (χ2n) is 5.00. The molecule has 6 heteroatoms. The lowest BCUT2D eigenvalue weighted by Crippen LogP contribution is -2.22. The number of hydrogen-bond donors (Lipinski definition) is 2. The van der Waals surface area contributed by atoms with E-state index in [9.17, 15) is 15.2 Å². The van der Waals surface area contributed by atoms with Gasteiger partial charge in [-0.05, 0) is 32.5 Å². The molecule has 1 aromatic rings. The molecule has 0 aromatic heterocycles. The first-order valence-corrected chi connectivity index (χ1v) is 6.10. The maximum Gasteiger partial charge on any atom is 0.311 e. The molecule has 106 valence electrons. The number of ether oxygens (including phenoxy) is 1. The molecule has 0 saturated heterocycles. The molecule has 0 fully saturated rings. The maximum atomic E-state index is 11.0. The van der Waals surface area contributed by atoms with Gasteiger partial charge in [0.25, 0.3) is 0 Å². The van der Waals surface area contributed by atoms with E-state index >= 15 is 0 Å². The number of nitro benzene ring substituents is 1. The molecule has 0 aliphatic rings. The standard InChI is InChI=1S/C13H20N2O4/c1-13(2,16)6-7-19-12-5-4-10(9-14-3)8-11(12)15(17)18/h4-5,8,14,16H,6-7,9H2,1-3H3. The zero-order chi connectivity index (χ0) is 14.5. The topological polar surface area (TPSA) is 84.6 Å². The zero-order valence-corrected chi connectivity index (χ0v) is 11.5. The Morgan fingerprint density at radius 1 is 1.47 bits per heavy atom. The fourth-order valence-electron chi connectivity index (χ4n) is 1.55. The third-order valence-electron chi connectivity index (χ3n) is 2.57. The molecule has 6 nitrogen and oxygen atoms in total. The molecule has 0 unspecified atom stereocenters. The monoisotopic (exact) mass is 268 g/mol. The Labute approximate surface area is 112 Å². The highest BCUT2D eigenvalue weighted by molar-refractivity contribution is 5.48. The predicted molar refractivity (Wildman–Crippen MR) is 72.3 cm³/mol. The Balaban J connectivity index is 2.79. The van der Waals surface area contributed by atoms with Crippen LogP contribution < -0.4 is 10.1 Å². The first-order valence-electron chi connectivity index (χ1n) is 6.10. The van der Waals surface area contributed by atoms with Gasteiger partial charge in [-0.2, -0.15) is 0 Å². The number of aliphatic hydroxyl groups is 1. The first kappa shape index (κ1) is 15.4. The normalized spacial score (nSPS) is 11.4. The van der Waals surface area contributed by atoms with Crippen LogP contribution in [0.25, 0.3) is 0 Å². The van der Waals surface area contributed by atoms with Crippen LogP contribution in [0.15, 0.2) is 18.2 Å². The molecule has 2 N–H and O–H groups in total. The van der Waals surface area contributed by atoms with Gasteiger partial charge in [-0.3, -0.25) is 10.1 Å². The van der Waals surface area contributed by atoms with E-state index in [1.807, 2.05) is 0 Å². The van der Waals surface area contributed by atoms with Gasteiger partial charge < -0.3 is 15.2 Å². The lowest BCUT2D eigenvalue weighted by molar-refractivity contribution is -0.386. The number of nitrogens with zero attached hydrogens (tertiary/aromatic N) is 1. The minimum atomic E-state index is -0.846. The van der Waals surface area contributed by atoms with E-state index in [2.05, 4.69) is 5.32 Å². The van der Waals surface area contributed by atoms with Gasteiger partial charge in [0.15, 0.2) is 5.75 Å². The van der Waals surface area contributed by atoms with E-state index in [0.29, 0.717) is 13.0 Å². The van der Waals surface area contributed by atoms with Crippen LogP contribution in [0.3, 0.4) is 0 Å². The Hall–Kier alpha value is -1.66. The van der Waals surface area contributed by atoms with Crippen LogP contribution >= 0.6 is 0 Å². The Bertz CT molecular complexity index is 441. The average Bonchev–Trinajstić information content (AvgIpc) is 2.29. The van der Waals surface area contributed by atoms with Gasteiger partial charge >= 0.3 is 5.69 Å². The summed E-state index contributed by atoms with van der Waals surface area (Å²) in [6.07, 6.45) is 0.405. The van der Waals surface area contributed by atoms with Gasteiger partial charge in [0, 0.05) is 19.0 Å². The molecule has 0 saturated carbocycles. The van der Waals surface area contributed by atoms with Gasteiger partial charge in [0.05, 0.1) is 17.1 Å². The quantitative estimate of drug-likeness (QED) is 0.582. The summed E-state index contributed by atoms with van der Waals surface area (Å²) in [6.45, 7) is 4.13. The highest BCUT2D eigenvalue weighted by Gasteiger charge is 2.18. The molecule has 0 aliphatic heterocycles. The molecule has 0 spiro atoms. The van der Waals surface area contributed by atoms with Crippen molar-refractivity contribution in [3.8, 4) is 5.75 Å². The lowest BCUT2D eigenvalue weighted by Gasteiger charge is -2.17. The summed E-state index contributed by atoms with van der Waals surface area (Å²) in [6, 6.07) is 4.87. The summed E-state index contributed by atoms with van der Waals surface area (Å²) in [7, 11) is 1.78. The Kier molecular flexibility index (Phi) is 5.26. The molecular weight excluding hydrogens is 248 g/mol. The van der Waals surface area contributed by atoms with E-state index < -0.39 is 10.5 Å². The third kappa shape index (κ3) is 5.23. The number of hydrogen-bond acceptors (Lipinski definition) is 5. The number of benzene rings is 1. The highest BCUT2D eigenvalue weighted by Crippen LogP contribution is 2.28. The fraction of sp³-hybridized carbons (Fsp3) is 0.538. The van der Waals surface area contributed by atoms with Gasteiger partial charge in [0.1, 0.15) is 0 Å². The average molecular weight is 268 g/mol. The van der Waals surface area contributed by atoms with Gasteiger partial charge in [-0.1, -0.05) is 6.07 Å². The van der Waals surface area contributed by atoms with E-state index in [1.54, 1.807) is 33.0 Å². The van der Waals surface area contributed by atoms with Crippen molar-refractivity contribution in [3.05, 3.63) is 33.9 Å². The largest absolute Gasteiger partial charge is 0.487 e. The summed E-state index contributed by atoms with van der Waals surface area (Å²) in [5, 5.41) is 23.5. The summed E-state index contributed by atoms with van der Waals surface area (Å²) >= 11 is 0. The van der Waals surface area contributed by atoms with Crippen LogP contribution in [-0.4, -0.2) is 29.3 Å². The van der Waals surface area contributed by atoms with Gasteiger partial charge in [0.2, 0.25) is 0 Å². The van der Waals surface area contributed by atoms with Crippen LogP contribution in [-0.2, 0) is 6.54 Å². The van der Waals surface area contributed by atoms with Crippen molar-refractivity contribution in [2.45, 2.75) is 32.4 Å². The van der Waals surface area contributed by atoms with E-state index in [4.69, 9.17) is 4.74 Å². The van der Waals surface area contributed by atoms with Crippen molar-refractivity contribution >= 4 is 5.69 Å². The van der Waals surface area contributed by atoms with Crippen LogP contribution in [0.5, 0.6) is 5.75 Å². The van der Waals surface area contributed by atoms with Gasteiger partial charge in [-0.15, -0.1) is 0 Å². The second-order valence-corrected chi connectivity index (χ2v) is 5.00. The van der Waals surface area contributed by atoms with Crippen molar-refractivity contribution in [1.82, 2.24) is 5.32 Å². The molecule has 0 atom stereocenters. The van der Waals surface area contributed by atoms with Crippen molar-refractivity contribution in [3.63, 3.8) is 0 Å². The lowest BCUT2D eigenvalue weighted by atomic mass is 10.1. The number of nitrogens with one attached hydrogen (secondary N) is 1. The Morgan fingerprint density at radius 3 is 2.68 bits per heavy atom. The molecule has 1 aromatic carbocycles. The smallest absolute Gasteiger partial charge is 0.311 e. The van der Waals surface area contributed by atoms with Crippen molar-refractivity contribution < 1.29 is 14.8 Å². The highest BCUT2D eigenvalue weighted by atomic mass is 16.6. The van der Waals surface area contributed by atoms with E-state index in [-0.39, 0.29) is 18.0 Å². The molecule has 0 aliphatic carbocycles. The molecule has 0 heterocycles. The molecule has 0 amide bonds. The summed E-state index contributed by atoms with van der Waals surface area (Å²) in [4.78, 5) is 10.5. The Morgan fingerprint density at radius 2 is 2.16 bits per heavy atom. The van der Waals surface area contributed by atoms with Crippen LogP contribution in [0.2, 0.25) is 0 Å². The maximum absolute atomic E-state index is 11.0. The summed E-state index contributed by atoms with van der Waals surface area (Å²) in [5.41, 5.74) is -0.0755. The second kappa shape index (κ2) is 6.49. The molecule has 1 rings (SSSR count). The van der Waals surface area contributed by atoms with Crippen molar-refractivity contribution in [2.24, 2.45) is 0 Å². The van der Waals surface area contributed by atoms with E-state index in [0.717, 1.165) is 5.56 Å². The molecule has 0 radical (unpaired) electrons. The van der Waals surface area contributed by atoms with Crippen molar-refractivity contribution in [1.29, 1.82) is 0 Å². The molecule has 0 bridgehead atoms. The fourth-order valence-corrected chi connectivity index (χ4v) is 1.55. The minimum absolute atomic E-state index is 0.0523. The third-order valence-corrected chi connectivity index (χ3v) is 2.57.